The third kappa shape index (κ3) is 4.89. The van der Waals surface area contributed by atoms with Crippen LogP contribution < -0.4 is 9.47 Å². The van der Waals surface area contributed by atoms with Crippen molar-refractivity contribution in [1.82, 2.24) is 0 Å². The van der Waals surface area contributed by atoms with Crippen LogP contribution in [0.5, 0.6) is 0 Å². The summed E-state index contributed by atoms with van der Waals surface area (Å²) < 4.78 is 3.70. The predicted molar refractivity (Wildman–Crippen MR) is 154 cm³/mol. The molecule has 0 radical (unpaired) electrons. The summed E-state index contributed by atoms with van der Waals surface area (Å²) >= 11 is 10.7. The lowest BCUT2D eigenvalue weighted by Gasteiger charge is -2.32. The highest BCUT2D eigenvalue weighted by Crippen LogP contribution is 2.47. The largest absolute Gasteiger partial charge is 0.335 e. The molecule has 0 saturated carbocycles. The van der Waals surface area contributed by atoms with Gasteiger partial charge in [-0.2, -0.15) is 4.57 Å². The second kappa shape index (κ2) is 10.0. The summed E-state index contributed by atoms with van der Waals surface area (Å²) in [5.74, 6) is 0. The van der Waals surface area contributed by atoms with E-state index in [1.165, 1.54) is 42.0 Å². The Bertz CT molecular complexity index is 1390. The van der Waals surface area contributed by atoms with Crippen LogP contribution in [-0.4, -0.2) is 6.54 Å². The van der Waals surface area contributed by atoms with Crippen molar-refractivity contribution in [2.45, 2.75) is 52.0 Å². The van der Waals surface area contributed by atoms with E-state index in [2.05, 4.69) is 110 Å². The Kier molecular flexibility index (Phi) is 6.98. The van der Waals surface area contributed by atoms with Crippen molar-refractivity contribution in [1.29, 1.82) is 0 Å². The summed E-state index contributed by atoms with van der Waals surface area (Å²) in [7, 11) is 0. The molecule has 2 nitrogen and oxygen atoms in total. The van der Waals surface area contributed by atoms with Crippen LogP contribution in [0.3, 0.4) is 0 Å². The van der Waals surface area contributed by atoms with Crippen LogP contribution in [0.25, 0.3) is 16.3 Å². The van der Waals surface area contributed by atoms with E-state index in [-0.39, 0.29) is 5.41 Å². The van der Waals surface area contributed by atoms with Gasteiger partial charge in [0.2, 0.25) is 5.52 Å². The highest BCUT2D eigenvalue weighted by molar-refractivity contribution is 8.03. The fourth-order valence-corrected chi connectivity index (χ4v) is 7.59. The number of halogens is 1. The lowest BCUT2D eigenvalue weighted by molar-refractivity contribution is -0.665. The number of thiazole rings is 1. The molecule has 0 spiro atoms. The summed E-state index contributed by atoms with van der Waals surface area (Å²) in [5.41, 5.74) is 5.21. The molecule has 0 N–H and O–H groups in total. The van der Waals surface area contributed by atoms with Crippen LogP contribution in [0.1, 0.15) is 45.5 Å². The minimum Gasteiger partial charge on any atom is -0.335 e. The Morgan fingerprint density at radius 3 is 2.57 bits per heavy atom. The number of benzene rings is 2. The van der Waals surface area contributed by atoms with E-state index >= 15 is 0 Å². The molecule has 0 saturated heterocycles. The van der Waals surface area contributed by atoms with Gasteiger partial charge in [-0.3, -0.25) is 0 Å². The molecule has 2 aromatic carbocycles. The highest BCUT2D eigenvalue weighted by Gasteiger charge is 2.29. The Morgan fingerprint density at radius 2 is 1.77 bits per heavy atom. The van der Waals surface area contributed by atoms with Gasteiger partial charge in [-0.1, -0.05) is 78.9 Å². The number of aryl methyl sites for hydroxylation is 1. The van der Waals surface area contributed by atoms with E-state index in [0.29, 0.717) is 0 Å². The molecule has 1 aliphatic heterocycles. The van der Waals surface area contributed by atoms with Crippen molar-refractivity contribution in [3.63, 3.8) is 0 Å². The number of fused-ring (bicyclic) bond motifs is 2. The number of thioether (sulfide) groups is 1. The van der Waals surface area contributed by atoms with Crippen LogP contribution in [-0.2, 0) is 6.54 Å². The normalized spacial score (nSPS) is 20.1. The van der Waals surface area contributed by atoms with E-state index in [9.17, 15) is 0 Å². The number of aromatic nitrogens is 1. The minimum atomic E-state index is 0.166. The summed E-state index contributed by atoms with van der Waals surface area (Å²) in [6.45, 7) is 11.0. The second-order valence-electron chi connectivity index (χ2n) is 9.85. The average Bonchev–Trinajstić information content (AvgIpc) is 3.40. The van der Waals surface area contributed by atoms with Gasteiger partial charge in [-0.25, -0.2) is 0 Å². The summed E-state index contributed by atoms with van der Waals surface area (Å²) in [4.78, 5) is 3.70. The molecule has 3 aromatic rings. The van der Waals surface area contributed by atoms with Crippen LogP contribution in [0.4, 0.5) is 5.69 Å². The van der Waals surface area contributed by atoms with Gasteiger partial charge in [0.05, 0.1) is 10.7 Å². The van der Waals surface area contributed by atoms with Gasteiger partial charge in [0, 0.05) is 28.6 Å². The van der Waals surface area contributed by atoms with E-state index in [1.807, 2.05) is 23.1 Å². The average molecular weight is 520 g/mol. The van der Waals surface area contributed by atoms with Crippen LogP contribution in [0.15, 0.2) is 92.9 Å². The molecular weight excluding hydrogens is 488 g/mol. The van der Waals surface area contributed by atoms with Crippen molar-refractivity contribution < 1.29 is 4.57 Å². The maximum absolute atomic E-state index is 7.05. The lowest BCUT2D eigenvalue weighted by Crippen LogP contribution is -2.33. The first-order valence-electron chi connectivity index (χ1n) is 12.3. The molecule has 2 aliphatic rings. The van der Waals surface area contributed by atoms with Crippen molar-refractivity contribution >= 4 is 56.7 Å². The third-order valence-electron chi connectivity index (χ3n) is 6.66. The van der Waals surface area contributed by atoms with Crippen LogP contribution in [0.2, 0.25) is 0 Å². The number of anilines is 1. The molecule has 35 heavy (non-hydrogen) atoms. The second-order valence-corrected chi connectivity index (χ2v) is 12.4. The molecule has 1 aromatic heterocycles. The summed E-state index contributed by atoms with van der Waals surface area (Å²) in [6, 6.07) is 17.3. The number of nitrogens with zero attached hydrogens (tertiary/aromatic N) is 2. The standard InChI is InChI=1S/C30H32ClN2S2/c1-5-32-23-11-7-9-13-25(23)34-27(32)17-15-21-19-30(3,4)20-22(29(21)31)16-18-28-33(6-2)24-12-8-10-14-26(24)35-28/h7-18H,5-6,19-20H2,1-4H3/q+1. The third-order valence-corrected chi connectivity index (χ3v) is 9.41. The van der Waals surface area contributed by atoms with Gasteiger partial charge in [-0.15, -0.1) is 0 Å². The smallest absolute Gasteiger partial charge is 0.262 e. The fourth-order valence-electron chi connectivity index (χ4n) is 5.07. The maximum atomic E-state index is 7.05. The Morgan fingerprint density at radius 1 is 1.00 bits per heavy atom. The highest BCUT2D eigenvalue weighted by atomic mass is 35.5. The first kappa shape index (κ1) is 24.4. The molecule has 0 unspecified atom stereocenters. The first-order valence-corrected chi connectivity index (χ1v) is 14.3. The van der Waals surface area contributed by atoms with E-state index in [1.54, 1.807) is 0 Å². The quantitative estimate of drug-likeness (QED) is 0.310. The van der Waals surface area contributed by atoms with Gasteiger partial charge < -0.3 is 4.90 Å². The first-order chi connectivity index (χ1) is 16.9. The van der Waals surface area contributed by atoms with Crippen LogP contribution in [0, 0.1) is 5.41 Å². The number of hydrogen-bond donors (Lipinski definition) is 0. The van der Waals surface area contributed by atoms with E-state index in [4.69, 9.17) is 11.6 Å². The van der Waals surface area contributed by atoms with Gasteiger partial charge >= 0.3 is 0 Å². The predicted octanol–water partition coefficient (Wildman–Crippen LogP) is 8.93. The monoisotopic (exact) mass is 519 g/mol. The Labute approximate surface area is 222 Å². The SMILES string of the molecule is CCN1C(=CC=C2CC(C)(C)CC(C=Cc3sc4ccccc4[n+]3CC)=C2Cl)Sc2ccccc21. The fraction of sp³-hybridized carbons (Fsp3) is 0.300. The zero-order chi connectivity index (χ0) is 24.6. The summed E-state index contributed by atoms with van der Waals surface area (Å²) in [5, 5.41) is 3.44. The van der Waals surface area contributed by atoms with Crippen molar-refractivity contribution in [2.75, 3.05) is 11.4 Å². The Balaban J connectivity index is 1.48. The van der Waals surface area contributed by atoms with Gasteiger partial charge in [0.25, 0.3) is 5.01 Å². The maximum Gasteiger partial charge on any atom is 0.262 e. The van der Waals surface area contributed by atoms with Crippen LogP contribution >= 0.6 is 34.7 Å². The van der Waals surface area contributed by atoms with E-state index in [0.717, 1.165) is 31.0 Å². The molecule has 5 rings (SSSR count). The molecule has 5 heteroatoms. The van der Waals surface area contributed by atoms with Gasteiger partial charge in [0.1, 0.15) is 11.2 Å². The van der Waals surface area contributed by atoms with Crippen molar-refractivity contribution in [2.24, 2.45) is 5.41 Å². The van der Waals surface area contributed by atoms with Gasteiger partial charge in [-0.05, 0) is 73.6 Å². The lowest BCUT2D eigenvalue weighted by atomic mass is 9.75. The summed E-state index contributed by atoms with van der Waals surface area (Å²) in [6.07, 6.45) is 11.0. The molecule has 1 aliphatic carbocycles. The number of rotatable bonds is 5. The van der Waals surface area contributed by atoms with E-state index < -0.39 is 0 Å². The molecular formula is C30H32ClN2S2+. The molecule has 180 valence electrons. The molecule has 0 atom stereocenters. The number of para-hydroxylation sites is 2. The topological polar surface area (TPSA) is 7.12 Å². The zero-order valence-electron chi connectivity index (χ0n) is 20.8. The number of hydrogen-bond acceptors (Lipinski definition) is 3. The zero-order valence-corrected chi connectivity index (χ0v) is 23.2. The van der Waals surface area contributed by atoms with Crippen molar-refractivity contribution in [3.8, 4) is 0 Å². The molecule has 0 fully saturated rings. The van der Waals surface area contributed by atoms with Crippen molar-refractivity contribution in [3.05, 3.63) is 93.0 Å². The Hall–Kier alpha value is -2.27. The molecule has 2 heterocycles. The van der Waals surface area contributed by atoms with Gasteiger partial charge in [0.15, 0.2) is 0 Å². The molecule has 0 bridgehead atoms. The molecule has 0 amide bonds. The number of allylic oxidation sites excluding steroid dienone is 6. The minimum absolute atomic E-state index is 0.166.